The Morgan fingerprint density at radius 1 is 1.19 bits per heavy atom. The molecule has 0 unspecified atom stereocenters. The van der Waals surface area contributed by atoms with Gasteiger partial charge in [0.2, 0.25) is 0 Å². The first-order valence-corrected chi connectivity index (χ1v) is 11.2. The Balaban J connectivity index is 5.00. The highest BCUT2D eigenvalue weighted by Crippen LogP contribution is 2.39. The Labute approximate surface area is 132 Å². The fraction of sp³-hybridized carbons (Fsp3) is 0.941. The molecule has 0 heterocycles. The quantitative estimate of drug-likeness (QED) is 0.675. The highest BCUT2D eigenvalue weighted by atomic mass is 28.4. The number of hydrogen-bond acceptors (Lipinski definition) is 3. The zero-order valence-electron chi connectivity index (χ0n) is 15.5. The first-order chi connectivity index (χ1) is 9.39. The van der Waals surface area contributed by atoms with Crippen LogP contribution in [0.2, 0.25) is 18.1 Å². The predicted octanol–water partition coefficient (Wildman–Crippen LogP) is 4.40. The van der Waals surface area contributed by atoms with Gasteiger partial charge in [0.15, 0.2) is 8.32 Å². The average molecular weight is 317 g/mol. The molecule has 4 atom stereocenters. The fourth-order valence-corrected chi connectivity index (χ4v) is 3.80. The van der Waals surface area contributed by atoms with Crippen molar-refractivity contribution in [3.05, 3.63) is 0 Å². The summed E-state index contributed by atoms with van der Waals surface area (Å²) in [4.78, 5) is 11.8. The maximum atomic E-state index is 11.8. The number of Topliss-reactive ketones (excluding diaryl/α,β-unsaturated/α-hetero) is 1. The summed E-state index contributed by atoms with van der Waals surface area (Å²) in [5.74, 6) is -0.228. The van der Waals surface area contributed by atoms with Gasteiger partial charge >= 0.3 is 0 Å². The number of ketones is 1. The molecule has 0 aromatic carbocycles. The number of carbonyl (C=O) groups is 1. The maximum Gasteiger partial charge on any atom is 0.192 e. The summed E-state index contributed by atoms with van der Waals surface area (Å²) in [5.41, 5.74) is 0. The minimum absolute atomic E-state index is 0.00741. The Hall–Kier alpha value is -0.193. The van der Waals surface area contributed by atoms with Gasteiger partial charge in [0.1, 0.15) is 5.78 Å². The van der Waals surface area contributed by atoms with E-state index in [2.05, 4.69) is 40.8 Å². The van der Waals surface area contributed by atoms with E-state index >= 15 is 0 Å². The van der Waals surface area contributed by atoms with Crippen molar-refractivity contribution in [3.63, 3.8) is 0 Å². The summed E-state index contributed by atoms with van der Waals surface area (Å²) in [6.45, 7) is 18.9. The number of aliphatic hydroxyl groups is 1. The second kappa shape index (κ2) is 7.89. The number of hydrogen-bond donors (Lipinski definition) is 1. The predicted molar refractivity (Wildman–Crippen MR) is 92.0 cm³/mol. The lowest BCUT2D eigenvalue weighted by molar-refractivity contribution is -0.127. The van der Waals surface area contributed by atoms with Gasteiger partial charge in [0.05, 0.1) is 6.10 Å². The highest BCUT2D eigenvalue weighted by Gasteiger charge is 2.41. The fourth-order valence-electron chi connectivity index (χ4n) is 2.31. The second-order valence-electron chi connectivity index (χ2n) is 7.78. The van der Waals surface area contributed by atoms with Crippen LogP contribution in [0.3, 0.4) is 0 Å². The van der Waals surface area contributed by atoms with Gasteiger partial charge in [-0.25, -0.2) is 0 Å². The summed E-state index contributed by atoms with van der Waals surface area (Å²) in [6.07, 6.45) is 0.711. The molecule has 0 saturated heterocycles. The molecule has 126 valence electrons. The van der Waals surface area contributed by atoms with Crippen LogP contribution in [0.5, 0.6) is 0 Å². The van der Waals surface area contributed by atoms with E-state index in [1.165, 1.54) is 0 Å². The van der Waals surface area contributed by atoms with E-state index in [9.17, 15) is 9.90 Å². The van der Waals surface area contributed by atoms with E-state index in [4.69, 9.17) is 4.43 Å². The second-order valence-corrected chi connectivity index (χ2v) is 12.5. The van der Waals surface area contributed by atoms with Gasteiger partial charge in [-0.15, -0.1) is 0 Å². The van der Waals surface area contributed by atoms with Crippen molar-refractivity contribution < 1.29 is 14.3 Å². The van der Waals surface area contributed by atoms with Crippen LogP contribution in [0.1, 0.15) is 61.3 Å². The van der Waals surface area contributed by atoms with Gasteiger partial charge in [-0.3, -0.25) is 4.79 Å². The molecule has 0 aliphatic rings. The molecule has 0 spiro atoms. The average Bonchev–Trinajstić information content (AvgIpc) is 2.40. The first kappa shape index (κ1) is 20.8. The number of rotatable bonds is 8. The standard InChI is InChI=1S/C17H36O3Si/c1-10-14(18)12(3)16(19)13(4)15(11-2)20-21(8,9)17(5,6)7/h12-13,15-16,19H,10-11H2,1-9H3/t12-,13-,15+,16+/m0/s1. The lowest BCUT2D eigenvalue weighted by Crippen LogP contribution is -2.48. The molecule has 0 aromatic rings. The van der Waals surface area contributed by atoms with Crippen molar-refractivity contribution in [2.24, 2.45) is 11.8 Å². The third kappa shape index (κ3) is 5.50. The molecule has 0 saturated carbocycles. The normalized spacial score (nSPS) is 19.0. The number of aliphatic hydroxyl groups excluding tert-OH is 1. The zero-order valence-corrected chi connectivity index (χ0v) is 16.5. The Morgan fingerprint density at radius 3 is 2.00 bits per heavy atom. The van der Waals surface area contributed by atoms with Crippen molar-refractivity contribution in [2.75, 3.05) is 0 Å². The topological polar surface area (TPSA) is 46.5 Å². The third-order valence-electron chi connectivity index (χ3n) is 5.15. The van der Waals surface area contributed by atoms with Gasteiger partial charge in [-0.05, 0) is 24.6 Å². The van der Waals surface area contributed by atoms with Crippen molar-refractivity contribution in [1.82, 2.24) is 0 Å². The molecule has 3 nitrogen and oxygen atoms in total. The Kier molecular flexibility index (Phi) is 7.81. The van der Waals surface area contributed by atoms with E-state index in [0.717, 1.165) is 6.42 Å². The van der Waals surface area contributed by atoms with Crippen LogP contribution in [0.15, 0.2) is 0 Å². The van der Waals surface area contributed by atoms with Crippen molar-refractivity contribution in [1.29, 1.82) is 0 Å². The molecule has 0 fully saturated rings. The maximum absolute atomic E-state index is 11.8. The van der Waals surface area contributed by atoms with Crippen LogP contribution in [-0.4, -0.2) is 31.4 Å². The van der Waals surface area contributed by atoms with Crippen LogP contribution in [0.4, 0.5) is 0 Å². The molecule has 0 aromatic heterocycles. The van der Waals surface area contributed by atoms with Gasteiger partial charge in [0.25, 0.3) is 0 Å². The van der Waals surface area contributed by atoms with Crippen molar-refractivity contribution in [2.45, 2.75) is 91.6 Å². The van der Waals surface area contributed by atoms with Gasteiger partial charge in [0, 0.05) is 24.4 Å². The minimum Gasteiger partial charge on any atom is -0.414 e. The van der Waals surface area contributed by atoms with Crippen LogP contribution in [0.25, 0.3) is 0 Å². The van der Waals surface area contributed by atoms with E-state index in [1.54, 1.807) is 0 Å². The first-order valence-electron chi connectivity index (χ1n) is 8.27. The SMILES string of the molecule is CCC(=O)[C@H](C)[C@@H](O)[C@@H](C)[C@@H](CC)O[Si](C)(C)C(C)(C)C. The molecule has 0 rings (SSSR count). The third-order valence-corrected chi connectivity index (χ3v) is 9.65. The van der Waals surface area contributed by atoms with Crippen LogP contribution < -0.4 is 0 Å². The van der Waals surface area contributed by atoms with Gasteiger partial charge in [-0.1, -0.05) is 48.5 Å². The summed E-state index contributed by atoms with van der Waals surface area (Å²) in [7, 11) is -1.86. The minimum atomic E-state index is -1.86. The largest absolute Gasteiger partial charge is 0.414 e. The molecule has 4 heteroatoms. The molecular formula is C17H36O3Si. The van der Waals surface area contributed by atoms with E-state index in [1.807, 2.05) is 20.8 Å². The summed E-state index contributed by atoms with van der Waals surface area (Å²) >= 11 is 0. The van der Waals surface area contributed by atoms with Gasteiger partial charge < -0.3 is 9.53 Å². The molecule has 1 N–H and O–H groups in total. The molecule has 0 aliphatic heterocycles. The molecule has 0 bridgehead atoms. The van der Waals surface area contributed by atoms with Crippen LogP contribution >= 0.6 is 0 Å². The Morgan fingerprint density at radius 2 is 1.67 bits per heavy atom. The smallest absolute Gasteiger partial charge is 0.192 e. The van der Waals surface area contributed by atoms with E-state index in [-0.39, 0.29) is 28.8 Å². The van der Waals surface area contributed by atoms with E-state index in [0.29, 0.717) is 6.42 Å². The molecule has 0 amide bonds. The van der Waals surface area contributed by atoms with E-state index < -0.39 is 14.4 Å². The van der Waals surface area contributed by atoms with Crippen LogP contribution in [-0.2, 0) is 9.22 Å². The Bertz CT molecular complexity index is 333. The number of carbonyl (C=O) groups excluding carboxylic acids is 1. The molecule has 21 heavy (non-hydrogen) atoms. The highest BCUT2D eigenvalue weighted by molar-refractivity contribution is 6.74. The monoisotopic (exact) mass is 316 g/mol. The van der Waals surface area contributed by atoms with Crippen LogP contribution in [0, 0.1) is 11.8 Å². The lowest BCUT2D eigenvalue weighted by Gasteiger charge is -2.42. The summed E-state index contributed by atoms with van der Waals surface area (Å²) in [6, 6.07) is 0. The summed E-state index contributed by atoms with van der Waals surface area (Å²) in [5, 5.41) is 10.7. The zero-order chi connectivity index (χ0) is 17.0. The van der Waals surface area contributed by atoms with Gasteiger partial charge in [-0.2, -0.15) is 0 Å². The lowest BCUT2D eigenvalue weighted by atomic mass is 9.85. The molecular weight excluding hydrogens is 280 g/mol. The van der Waals surface area contributed by atoms with Crippen molar-refractivity contribution >= 4 is 14.1 Å². The summed E-state index contributed by atoms with van der Waals surface area (Å²) < 4.78 is 6.47. The molecule has 0 aliphatic carbocycles. The van der Waals surface area contributed by atoms with Crippen molar-refractivity contribution in [3.8, 4) is 0 Å². The molecule has 0 radical (unpaired) electrons.